The number of H-pyrrole nitrogens is 1. The minimum absolute atomic E-state index is 0.000149. The smallest absolute Gasteiger partial charge is 0.181 e. The summed E-state index contributed by atoms with van der Waals surface area (Å²) in [7, 11) is 0. The largest absolute Gasteiger partial charge is 0.486 e. The summed E-state index contributed by atoms with van der Waals surface area (Å²) >= 11 is 6.11. The lowest BCUT2D eigenvalue weighted by molar-refractivity contribution is 0.0988. The molecule has 2 heterocycles. The number of nitrogens with one attached hydrogen (secondary N) is 1. The third-order valence-corrected chi connectivity index (χ3v) is 4.98. The first-order valence-electron chi connectivity index (χ1n) is 9.10. The molecule has 4 rings (SSSR count). The average molecular weight is 428 g/mol. The molecule has 8 heteroatoms. The number of carbonyl (C=O) groups is 1. The maximum absolute atomic E-state index is 15.0. The lowest BCUT2D eigenvalue weighted by Gasteiger charge is -2.11. The van der Waals surface area contributed by atoms with E-state index in [2.05, 4.69) is 15.2 Å². The molecule has 0 fully saturated rings. The van der Waals surface area contributed by atoms with Crippen LogP contribution >= 0.6 is 11.6 Å². The Kier molecular flexibility index (Phi) is 5.46. The molecule has 0 radical (unpaired) electrons. The summed E-state index contributed by atoms with van der Waals surface area (Å²) in [6.07, 6.45) is 1.45. The normalized spacial score (nSPS) is 11.1. The molecular formula is C22H16ClF2N3O2. The average Bonchev–Trinajstić information content (AvgIpc) is 3.09. The Hall–Kier alpha value is -3.32. The number of hydrogen-bond donors (Lipinski definition) is 1. The van der Waals surface area contributed by atoms with Crippen molar-refractivity contribution in [2.24, 2.45) is 0 Å². The highest BCUT2D eigenvalue weighted by molar-refractivity contribution is 6.34. The van der Waals surface area contributed by atoms with Gasteiger partial charge in [0.1, 0.15) is 12.4 Å². The van der Waals surface area contributed by atoms with E-state index >= 15 is 4.39 Å². The summed E-state index contributed by atoms with van der Waals surface area (Å²) in [5, 5.41) is 7.67. The summed E-state index contributed by atoms with van der Waals surface area (Å²) in [6.45, 7) is 1.87. The molecule has 0 atom stereocenters. The fraction of sp³-hybridized carbons (Fsp3) is 0.136. The van der Waals surface area contributed by atoms with Gasteiger partial charge in [-0.25, -0.2) is 13.8 Å². The van der Waals surface area contributed by atoms with E-state index in [1.54, 1.807) is 6.07 Å². The first-order chi connectivity index (χ1) is 14.4. The lowest BCUT2D eigenvalue weighted by Crippen LogP contribution is -2.09. The summed E-state index contributed by atoms with van der Waals surface area (Å²) < 4.78 is 33.5. The lowest BCUT2D eigenvalue weighted by atomic mass is 10.0. The van der Waals surface area contributed by atoms with Gasteiger partial charge < -0.3 is 4.74 Å². The Bertz CT molecular complexity index is 1240. The van der Waals surface area contributed by atoms with Crippen molar-refractivity contribution in [2.45, 2.75) is 20.0 Å². The van der Waals surface area contributed by atoms with Crippen LogP contribution in [-0.4, -0.2) is 21.0 Å². The van der Waals surface area contributed by atoms with E-state index in [1.807, 2.05) is 6.92 Å². The van der Waals surface area contributed by atoms with Crippen molar-refractivity contribution in [1.82, 2.24) is 15.2 Å². The fourth-order valence-electron chi connectivity index (χ4n) is 3.08. The predicted molar refractivity (Wildman–Crippen MR) is 109 cm³/mol. The van der Waals surface area contributed by atoms with Gasteiger partial charge >= 0.3 is 0 Å². The van der Waals surface area contributed by atoms with Crippen LogP contribution in [0, 0.1) is 18.6 Å². The van der Waals surface area contributed by atoms with Gasteiger partial charge in [0.25, 0.3) is 0 Å². The molecule has 0 aliphatic heterocycles. The molecule has 0 amide bonds. The maximum Gasteiger partial charge on any atom is 0.181 e. The van der Waals surface area contributed by atoms with Crippen LogP contribution in [0.15, 0.2) is 48.7 Å². The second kappa shape index (κ2) is 8.20. The number of rotatable bonds is 6. The molecular weight excluding hydrogens is 412 g/mol. The number of benzene rings is 2. The summed E-state index contributed by atoms with van der Waals surface area (Å²) in [6, 6.07) is 10.2. The third kappa shape index (κ3) is 4.02. The van der Waals surface area contributed by atoms with Gasteiger partial charge in [0, 0.05) is 23.7 Å². The van der Waals surface area contributed by atoms with Crippen LogP contribution in [0.2, 0.25) is 5.02 Å². The van der Waals surface area contributed by atoms with Crippen LogP contribution in [0.1, 0.15) is 27.2 Å². The van der Waals surface area contributed by atoms with Crippen LogP contribution < -0.4 is 4.74 Å². The molecule has 0 unspecified atom stereocenters. The summed E-state index contributed by atoms with van der Waals surface area (Å²) in [5.74, 6) is -1.80. The molecule has 4 aromatic rings. The van der Waals surface area contributed by atoms with Gasteiger partial charge in [0.15, 0.2) is 23.0 Å². The summed E-state index contributed by atoms with van der Waals surface area (Å²) in [5.41, 5.74) is 2.41. The van der Waals surface area contributed by atoms with Crippen LogP contribution in [0.25, 0.3) is 11.0 Å². The SMILES string of the molecule is Cc1[nH]nc2ncc(CC(=O)c3c(Cl)ccc(OCc4ccc(F)cc4)c3F)cc12. The predicted octanol–water partition coefficient (Wildman–Crippen LogP) is 5.20. The molecule has 0 bridgehead atoms. The van der Waals surface area contributed by atoms with Crippen molar-refractivity contribution in [1.29, 1.82) is 0 Å². The van der Waals surface area contributed by atoms with Gasteiger partial charge in [-0.05, 0) is 48.4 Å². The minimum atomic E-state index is -0.830. The molecule has 5 nitrogen and oxygen atoms in total. The fourth-order valence-corrected chi connectivity index (χ4v) is 3.33. The monoisotopic (exact) mass is 427 g/mol. The molecule has 2 aromatic carbocycles. The standard InChI is InChI=1S/C22H16ClF2N3O2/c1-12-16-8-14(10-26-22(16)28-27-12)9-18(29)20-17(23)6-7-19(21(20)25)30-11-13-2-4-15(24)5-3-13/h2-8,10H,9,11H2,1H3,(H,26,27,28). The van der Waals surface area contributed by atoms with Crippen LogP contribution in [0.3, 0.4) is 0 Å². The second-order valence-electron chi connectivity index (χ2n) is 6.81. The number of aryl methyl sites for hydroxylation is 1. The zero-order valence-electron chi connectivity index (χ0n) is 15.9. The van der Waals surface area contributed by atoms with E-state index in [4.69, 9.17) is 16.3 Å². The number of ketones is 1. The number of nitrogens with zero attached hydrogens (tertiary/aromatic N) is 2. The van der Waals surface area contributed by atoms with Gasteiger partial charge in [0.2, 0.25) is 0 Å². The molecule has 152 valence electrons. The molecule has 0 saturated carbocycles. The van der Waals surface area contributed by atoms with E-state index in [0.29, 0.717) is 16.8 Å². The molecule has 0 aliphatic rings. The van der Waals surface area contributed by atoms with Gasteiger partial charge in [-0.2, -0.15) is 5.10 Å². The van der Waals surface area contributed by atoms with Gasteiger partial charge in [-0.15, -0.1) is 0 Å². The number of carbonyl (C=O) groups excluding carboxylic acids is 1. The third-order valence-electron chi connectivity index (χ3n) is 4.66. The number of Topliss-reactive ketones (excluding diaryl/α,β-unsaturated/α-hetero) is 1. The van der Waals surface area contributed by atoms with Crippen LogP contribution in [0.4, 0.5) is 8.78 Å². The Morgan fingerprint density at radius 3 is 2.67 bits per heavy atom. The zero-order chi connectivity index (χ0) is 21.3. The number of aromatic amines is 1. The molecule has 0 saturated heterocycles. The van der Waals surface area contributed by atoms with E-state index in [1.165, 1.54) is 42.6 Å². The highest BCUT2D eigenvalue weighted by Gasteiger charge is 2.21. The van der Waals surface area contributed by atoms with Crippen molar-refractivity contribution < 1.29 is 18.3 Å². The zero-order valence-corrected chi connectivity index (χ0v) is 16.6. The Morgan fingerprint density at radius 2 is 1.90 bits per heavy atom. The van der Waals surface area contributed by atoms with Gasteiger partial charge in [-0.3, -0.25) is 9.89 Å². The van der Waals surface area contributed by atoms with E-state index in [9.17, 15) is 9.18 Å². The van der Waals surface area contributed by atoms with Crippen LogP contribution in [-0.2, 0) is 13.0 Å². The van der Waals surface area contributed by atoms with Gasteiger partial charge in [-0.1, -0.05) is 23.7 Å². The van der Waals surface area contributed by atoms with Crippen molar-refractivity contribution in [3.8, 4) is 5.75 Å². The molecule has 1 N–H and O–H groups in total. The molecule has 0 aliphatic carbocycles. The van der Waals surface area contributed by atoms with Crippen molar-refractivity contribution >= 4 is 28.4 Å². The van der Waals surface area contributed by atoms with E-state index in [-0.39, 0.29) is 35.2 Å². The molecule has 2 aromatic heterocycles. The first kappa shape index (κ1) is 20.0. The highest BCUT2D eigenvalue weighted by atomic mass is 35.5. The minimum Gasteiger partial charge on any atom is -0.486 e. The maximum atomic E-state index is 15.0. The number of ether oxygens (including phenoxy) is 1. The van der Waals surface area contributed by atoms with Crippen molar-refractivity contribution in [2.75, 3.05) is 0 Å². The second-order valence-corrected chi connectivity index (χ2v) is 7.22. The van der Waals surface area contributed by atoms with E-state index in [0.717, 1.165) is 11.1 Å². The van der Waals surface area contributed by atoms with E-state index < -0.39 is 11.6 Å². The number of halogens is 3. The number of hydrogen-bond acceptors (Lipinski definition) is 4. The molecule has 30 heavy (non-hydrogen) atoms. The Balaban J connectivity index is 1.56. The highest BCUT2D eigenvalue weighted by Crippen LogP contribution is 2.29. The van der Waals surface area contributed by atoms with Crippen molar-refractivity contribution in [3.63, 3.8) is 0 Å². The topological polar surface area (TPSA) is 67.9 Å². The number of pyridine rings is 1. The van der Waals surface area contributed by atoms with Crippen LogP contribution in [0.5, 0.6) is 5.75 Å². The quantitative estimate of drug-likeness (QED) is 0.429. The first-order valence-corrected chi connectivity index (χ1v) is 9.48. The molecule has 0 spiro atoms. The van der Waals surface area contributed by atoms with Crippen molar-refractivity contribution in [3.05, 3.63) is 87.7 Å². The Morgan fingerprint density at radius 1 is 1.13 bits per heavy atom. The number of fused-ring (bicyclic) bond motifs is 1. The summed E-state index contributed by atoms with van der Waals surface area (Å²) in [4.78, 5) is 17.0. The Labute approximate surface area is 175 Å². The van der Waals surface area contributed by atoms with Gasteiger partial charge in [0.05, 0.1) is 10.6 Å². The number of aromatic nitrogens is 3.